The molecule has 0 saturated carbocycles. The van der Waals surface area contributed by atoms with E-state index in [1.807, 2.05) is 64.2 Å². The maximum absolute atomic E-state index is 14.3. The number of halogens is 3. The molecule has 1 saturated heterocycles. The van der Waals surface area contributed by atoms with Crippen molar-refractivity contribution in [3.63, 3.8) is 0 Å². The highest BCUT2D eigenvalue weighted by atomic mass is 35.5. The first-order chi connectivity index (χ1) is 20.1. The summed E-state index contributed by atoms with van der Waals surface area (Å²) in [5.41, 5.74) is 2.19. The van der Waals surface area contributed by atoms with Gasteiger partial charge in [0.05, 0.1) is 11.7 Å². The van der Waals surface area contributed by atoms with Crippen molar-refractivity contribution in [3.05, 3.63) is 113 Å². The number of imidazole rings is 1. The molecule has 1 N–H and O–H groups in total. The van der Waals surface area contributed by atoms with E-state index in [1.165, 1.54) is 12.1 Å². The van der Waals surface area contributed by atoms with Crippen LogP contribution in [0, 0.1) is 23.0 Å². The molecule has 0 aliphatic carbocycles. The number of aromatic nitrogens is 2. The van der Waals surface area contributed by atoms with Crippen LogP contribution in [0.1, 0.15) is 61.4 Å². The van der Waals surface area contributed by atoms with Crippen LogP contribution in [0.3, 0.4) is 0 Å². The molecular weight excluding hydrogens is 554 g/mol. The van der Waals surface area contributed by atoms with Gasteiger partial charge in [-0.25, -0.2) is 13.8 Å². The van der Waals surface area contributed by atoms with Crippen LogP contribution in [0.25, 0.3) is 11.3 Å². The number of nitrogens with one attached hydrogen (secondary N) is 1. The van der Waals surface area contributed by atoms with Gasteiger partial charge in [0.2, 0.25) is 0 Å². The van der Waals surface area contributed by atoms with Crippen LogP contribution in [-0.4, -0.2) is 40.0 Å². The summed E-state index contributed by atoms with van der Waals surface area (Å²) in [6, 6.07) is 19.9. The van der Waals surface area contributed by atoms with Crippen molar-refractivity contribution in [2.75, 3.05) is 19.6 Å². The van der Waals surface area contributed by atoms with Crippen molar-refractivity contribution in [2.24, 2.45) is 11.3 Å². The number of hydrogen-bond donors (Lipinski definition) is 1. The molecule has 0 bridgehead atoms. The Kier molecular flexibility index (Phi) is 9.09. The lowest BCUT2D eigenvalue weighted by Gasteiger charge is -2.42. The number of carbonyl (C=O) groups is 1. The predicted octanol–water partition coefficient (Wildman–Crippen LogP) is 7.76. The first kappa shape index (κ1) is 29.9. The molecular formula is C34H37ClF2N4O. The highest BCUT2D eigenvalue weighted by molar-refractivity contribution is 6.30. The molecule has 42 heavy (non-hydrogen) atoms. The second-order valence-electron chi connectivity index (χ2n) is 11.8. The number of benzene rings is 3. The predicted molar refractivity (Wildman–Crippen MR) is 163 cm³/mol. The molecule has 1 fully saturated rings. The lowest BCUT2D eigenvalue weighted by molar-refractivity contribution is 0.0388. The molecule has 220 valence electrons. The van der Waals surface area contributed by atoms with Gasteiger partial charge in [-0.1, -0.05) is 62.7 Å². The van der Waals surface area contributed by atoms with E-state index >= 15 is 0 Å². The topological polar surface area (TPSA) is 50.2 Å². The Bertz CT molecular complexity index is 1510. The zero-order valence-electron chi connectivity index (χ0n) is 24.3. The Hall–Kier alpha value is -3.55. The van der Waals surface area contributed by atoms with E-state index in [0.29, 0.717) is 40.1 Å². The van der Waals surface area contributed by atoms with Gasteiger partial charge in [0, 0.05) is 41.5 Å². The minimum atomic E-state index is -0.637. The van der Waals surface area contributed by atoms with E-state index in [1.54, 1.807) is 6.07 Å². The second-order valence-corrected chi connectivity index (χ2v) is 12.3. The zero-order chi connectivity index (χ0) is 29.9. The SMILES string of the molecule is CCC(C)(C)[C@H](c1nc(-c2cccc(Cl)c2)cn1Cc1cc(F)cc(F)c1)N(CC1CCNC1)C(=O)c1ccccc1. The van der Waals surface area contributed by atoms with Crippen molar-refractivity contribution < 1.29 is 13.6 Å². The molecule has 0 radical (unpaired) electrons. The Balaban J connectivity index is 1.69. The normalized spacial score (nSPS) is 16.0. The third-order valence-corrected chi connectivity index (χ3v) is 8.54. The molecule has 4 aromatic rings. The summed E-state index contributed by atoms with van der Waals surface area (Å²) < 4.78 is 30.5. The number of nitrogens with zero attached hydrogens (tertiary/aromatic N) is 3. The molecule has 1 amide bonds. The fraction of sp³-hybridized carbons (Fsp3) is 0.353. The molecule has 5 rings (SSSR count). The maximum Gasteiger partial charge on any atom is 0.254 e. The van der Waals surface area contributed by atoms with E-state index in [-0.39, 0.29) is 12.5 Å². The molecule has 2 heterocycles. The number of hydrogen-bond acceptors (Lipinski definition) is 3. The summed E-state index contributed by atoms with van der Waals surface area (Å²) in [5, 5.41) is 4.01. The van der Waals surface area contributed by atoms with E-state index in [4.69, 9.17) is 16.6 Å². The largest absolute Gasteiger partial charge is 0.328 e. The second kappa shape index (κ2) is 12.8. The standard InChI is InChI=1S/C34H37ClF2N4O/c1-4-34(2,3)31(41(21-23-13-14-38-19-23)33(42)25-9-6-5-7-10-25)32-39-30(26-11-8-12-27(35)17-26)22-40(32)20-24-15-28(36)18-29(37)16-24/h5-12,15-18,22-23,31,38H,4,13-14,19-21H2,1-3H3/t23?,31-/m0/s1. The van der Waals surface area contributed by atoms with Crippen molar-refractivity contribution in [1.29, 1.82) is 0 Å². The van der Waals surface area contributed by atoms with Crippen LogP contribution in [0.2, 0.25) is 5.02 Å². The van der Waals surface area contributed by atoms with E-state index in [9.17, 15) is 13.6 Å². The van der Waals surface area contributed by atoms with Crippen LogP contribution in [0.5, 0.6) is 0 Å². The number of amides is 1. The van der Waals surface area contributed by atoms with E-state index in [2.05, 4.69) is 26.1 Å². The van der Waals surface area contributed by atoms with Crippen molar-refractivity contribution in [2.45, 2.75) is 46.2 Å². The summed E-state index contributed by atoms with van der Waals surface area (Å²) in [6.07, 6.45) is 3.64. The van der Waals surface area contributed by atoms with Crippen molar-refractivity contribution in [3.8, 4) is 11.3 Å². The van der Waals surface area contributed by atoms with Gasteiger partial charge in [-0.2, -0.15) is 0 Å². The molecule has 8 heteroatoms. The van der Waals surface area contributed by atoms with E-state index < -0.39 is 23.1 Å². The van der Waals surface area contributed by atoms with Gasteiger partial charge in [-0.15, -0.1) is 0 Å². The Morgan fingerprint density at radius 1 is 1.10 bits per heavy atom. The zero-order valence-corrected chi connectivity index (χ0v) is 25.0. The minimum Gasteiger partial charge on any atom is -0.328 e. The Morgan fingerprint density at radius 2 is 1.83 bits per heavy atom. The summed E-state index contributed by atoms with van der Waals surface area (Å²) >= 11 is 6.34. The Labute approximate surface area is 251 Å². The number of rotatable bonds is 10. The summed E-state index contributed by atoms with van der Waals surface area (Å²) in [5.74, 6) is -0.383. The summed E-state index contributed by atoms with van der Waals surface area (Å²) in [4.78, 5) is 21.5. The van der Waals surface area contributed by atoms with Crippen molar-refractivity contribution >= 4 is 17.5 Å². The monoisotopic (exact) mass is 590 g/mol. The highest BCUT2D eigenvalue weighted by Crippen LogP contribution is 2.43. The molecule has 5 nitrogen and oxygen atoms in total. The molecule has 0 spiro atoms. The average molecular weight is 591 g/mol. The fourth-order valence-electron chi connectivity index (χ4n) is 5.77. The van der Waals surface area contributed by atoms with Crippen LogP contribution < -0.4 is 5.32 Å². The molecule has 1 aliphatic heterocycles. The smallest absolute Gasteiger partial charge is 0.254 e. The van der Waals surface area contributed by atoms with Gasteiger partial charge in [-0.3, -0.25) is 4.79 Å². The minimum absolute atomic E-state index is 0.0651. The third-order valence-electron chi connectivity index (χ3n) is 8.31. The summed E-state index contributed by atoms with van der Waals surface area (Å²) in [6.45, 7) is 8.91. The van der Waals surface area contributed by atoms with E-state index in [0.717, 1.165) is 37.6 Å². The van der Waals surface area contributed by atoms with Gasteiger partial charge in [0.15, 0.2) is 0 Å². The van der Waals surface area contributed by atoms with Crippen LogP contribution in [0.4, 0.5) is 8.78 Å². The quantitative estimate of drug-likeness (QED) is 0.205. The number of carbonyl (C=O) groups excluding carboxylic acids is 1. The first-order valence-corrected chi connectivity index (χ1v) is 14.9. The molecule has 2 atom stereocenters. The molecule has 1 unspecified atom stereocenters. The van der Waals surface area contributed by atoms with Gasteiger partial charge >= 0.3 is 0 Å². The fourth-order valence-corrected chi connectivity index (χ4v) is 5.96. The van der Waals surface area contributed by atoms with Crippen LogP contribution in [-0.2, 0) is 6.54 Å². The third kappa shape index (κ3) is 6.74. The highest BCUT2D eigenvalue weighted by Gasteiger charge is 2.41. The average Bonchev–Trinajstić information content (AvgIpc) is 3.62. The molecule has 3 aromatic carbocycles. The van der Waals surface area contributed by atoms with Crippen molar-refractivity contribution in [1.82, 2.24) is 19.8 Å². The van der Waals surface area contributed by atoms with Gasteiger partial charge < -0.3 is 14.8 Å². The first-order valence-electron chi connectivity index (χ1n) is 14.5. The Morgan fingerprint density at radius 3 is 2.48 bits per heavy atom. The van der Waals surface area contributed by atoms with Crippen LogP contribution >= 0.6 is 11.6 Å². The molecule has 1 aliphatic rings. The van der Waals surface area contributed by atoms with Gasteiger partial charge in [0.1, 0.15) is 17.5 Å². The van der Waals surface area contributed by atoms with Gasteiger partial charge in [-0.05, 0) is 79.2 Å². The lowest BCUT2D eigenvalue weighted by atomic mass is 9.79. The summed E-state index contributed by atoms with van der Waals surface area (Å²) in [7, 11) is 0. The molecule has 1 aromatic heterocycles. The van der Waals surface area contributed by atoms with Crippen LogP contribution in [0.15, 0.2) is 79.0 Å². The van der Waals surface area contributed by atoms with Gasteiger partial charge in [0.25, 0.3) is 5.91 Å². The lowest BCUT2D eigenvalue weighted by Crippen LogP contribution is -2.46. The maximum atomic E-state index is 14.3.